The van der Waals surface area contributed by atoms with E-state index in [2.05, 4.69) is 11.9 Å². The fourth-order valence-corrected chi connectivity index (χ4v) is 2.05. The molecule has 0 saturated heterocycles. The van der Waals surface area contributed by atoms with Crippen molar-refractivity contribution in [3.05, 3.63) is 29.0 Å². The van der Waals surface area contributed by atoms with Crippen molar-refractivity contribution in [1.29, 1.82) is 0 Å². The highest BCUT2D eigenvalue weighted by molar-refractivity contribution is 6.34. The maximum atomic E-state index is 11.0. The van der Waals surface area contributed by atoms with E-state index < -0.39 is 17.4 Å². The number of rotatable bonds is 5. The topological polar surface area (TPSA) is 79.7 Å². The van der Waals surface area contributed by atoms with Crippen molar-refractivity contribution in [3.63, 3.8) is 0 Å². The van der Waals surface area contributed by atoms with E-state index in [9.17, 15) is 9.90 Å². The van der Waals surface area contributed by atoms with Crippen LogP contribution in [0, 0.1) is 0 Å². The lowest BCUT2D eigenvalue weighted by Crippen LogP contribution is -2.02. The lowest BCUT2D eigenvalue weighted by atomic mass is 10.1. The van der Waals surface area contributed by atoms with Gasteiger partial charge in [0, 0.05) is 10.8 Å². The zero-order chi connectivity index (χ0) is 14.7. The largest absolute Gasteiger partial charge is 0.505 e. The summed E-state index contributed by atoms with van der Waals surface area (Å²) in [7, 11) is 0. The lowest BCUT2D eigenvalue weighted by molar-refractivity contribution is 0.0687. The molecule has 106 valence electrons. The molecule has 0 spiro atoms. The number of carboxylic acids is 1. The van der Waals surface area contributed by atoms with Gasteiger partial charge in [0.25, 0.3) is 0 Å². The van der Waals surface area contributed by atoms with Crippen molar-refractivity contribution in [1.82, 2.24) is 4.98 Å². The van der Waals surface area contributed by atoms with Crippen molar-refractivity contribution in [2.75, 3.05) is 6.61 Å². The Morgan fingerprint density at radius 1 is 1.40 bits per heavy atom. The van der Waals surface area contributed by atoms with Crippen LogP contribution in [0.3, 0.4) is 0 Å². The quantitative estimate of drug-likeness (QED) is 0.652. The average Bonchev–Trinajstić information content (AvgIpc) is 2.42. The molecule has 0 saturated carbocycles. The highest BCUT2D eigenvalue weighted by Gasteiger charge is 2.18. The van der Waals surface area contributed by atoms with Crippen molar-refractivity contribution in [2.24, 2.45) is 0 Å². The van der Waals surface area contributed by atoms with Crippen molar-refractivity contribution in [2.45, 2.75) is 19.8 Å². The van der Waals surface area contributed by atoms with E-state index in [4.69, 9.17) is 21.4 Å². The Balaban J connectivity index is 2.46. The summed E-state index contributed by atoms with van der Waals surface area (Å²) in [5.74, 6) is -1.11. The van der Waals surface area contributed by atoms with E-state index in [0.717, 1.165) is 12.8 Å². The van der Waals surface area contributed by atoms with Crippen LogP contribution in [0.4, 0.5) is 0 Å². The Bertz CT molecular complexity index is 657. The summed E-state index contributed by atoms with van der Waals surface area (Å²) < 4.78 is 5.54. The summed E-state index contributed by atoms with van der Waals surface area (Å²) in [5.41, 5.74) is -0.456. The minimum Gasteiger partial charge on any atom is -0.505 e. The number of halogens is 1. The molecule has 0 aliphatic heterocycles. The van der Waals surface area contributed by atoms with Gasteiger partial charge in [-0.05, 0) is 24.6 Å². The molecule has 1 aromatic carbocycles. The first kappa shape index (κ1) is 14.4. The number of fused-ring (bicyclic) bond motifs is 1. The van der Waals surface area contributed by atoms with Gasteiger partial charge in [0.2, 0.25) is 0 Å². The first-order valence-electron chi connectivity index (χ1n) is 6.23. The second kappa shape index (κ2) is 5.96. The minimum absolute atomic E-state index is 0.0242. The van der Waals surface area contributed by atoms with Gasteiger partial charge >= 0.3 is 5.97 Å². The van der Waals surface area contributed by atoms with Crippen LogP contribution in [0.25, 0.3) is 10.8 Å². The van der Waals surface area contributed by atoms with E-state index >= 15 is 0 Å². The van der Waals surface area contributed by atoms with E-state index in [1.165, 1.54) is 0 Å². The molecule has 2 aromatic rings. The first-order valence-corrected chi connectivity index (χ1v) is 6.60. The molecule has 0 amide bonds. The molecular weight excluding hydrogens is 282 g/mol. The van der Waals surface area contributed by atoms with Crippen LogP contribution < -0.4 is 4.74 Å². The summed E-state index contributed by atoms with van der Waals surface area (Å²) >= 11 is 5.97. The SMILES string of the molecule is CCCCOc1ccc2c(O)c(C(=O)O)nc(Cl)c2c1. The Hall–Kier alpha value is -2.01. The number of carbonyl (C=O) groups is 1. The van der Waals surface area contributed by atoms with Gasteiger partial charge in [-0.3, -0.25) is 0 Å². The maximum absolute atomic E-state index is 11.0. The third-order valence-electron chi connectivity index (χ3n) is 2.87. The Morgan fingerprint density at radius 2 is 2.15 bits per heavy atom. The van der Waals surface area contributed by atoms with Gasteiger partial charge < -0.3 is 14.9 Å². The molecule has 20 heavy (non-hydrogen) atoms. The molecule has 0 aliphatic rings. The molecule has 0 fully saturated rings. The van der Waals surface area contributed by atoms with Crippen LogP contribution in [0.15, 0.2) is 18.2 Å². The number of aromatic carboxylic acids is 1. The summed E-state index contributed by atoms with van der Waals surface area (Å²) in [4.78, 5) is 14.7. The number of hydrogen-bond donors (Lipinski definition) is 2. The van der Waals surface area contributed by atoms with Gasteiger partial charge in [-0.1, -0.05) is 24.9 Å². The molecule has 0 unspecified atom stereocenters. The number of unbranched alkanes of at least 4 members (excludes halogenated alkanes) is 1. The molecule has 0 aliphatic carbocycles. The van der Waals surface area contributed by atoms with E-state index in [-0.39, 0.29) is 5.15 Å². The number of ether oxygens (including phenoxy) is 1. The highest BCUT2D eigenvalue weighted by Crippen LogP contribution is 2.34. The molecule has 6 heteroatoms. The molecule has 0 atom stereocenters. The third kappa shape index (κ3) is 2.77. The third-order valence-corrected chi connectivity index (χ3v) is 3.16. The normalized spacial score (nSPS) is 10.7. The summed E-state index contributed by atoms with van der Waals surface area (Å²) in [6.45, 7) is 2.66. The van der Waals surface area contributed by atoms with Crippen molar-refractivity contribution in [3.8, 4) is 11.5 Å². The van der Waals surface area contributed by atoms with Crippen LogP contribution in [-0.2, 0) is 0 Å². The predicted octanol–water partition coefficient (Wildman–Crippen LogP) is 3.47. The van der Waals surface area contributed by atoms with Gasteiger partial charge in [-0.25, -0.2) is 9.78 Å². The van der Waals surface area contributed by atoms with Gasteiger partial charge in [0.05, 0.1) is 6.61 Å². The van der Waals surface area contributed by atoms with Crippen molar-refractivity contribution < 1.29 is 19.7 Å². The number of nitrogens with zero attached hydrogens (tertiary/aromatic N) is 1. The number of aromatic hydroxyl groups is 1. The summed E-state index contributed by atoms with van der Waals surface area (Å²) in [6, 6.07) is 4.89. The molecule has 0 bridgehead atoms. The van der Waals surface area contributed by atoms with Crippen LogP contribution in [0.1, 0.15) is 30.3 Å². The van der Waals surface area contributed by atoms with E-state index in [1.54, 1.807) is 18.2 Å². The zero-order valence-corrected chi connectivity index (χ0v) is 11.6. The lowest BCUT2D eigenvalue weighted by Gasteiger charge is -2.09. The minimum atomic E-state index is -1.32. The van der Waals surface area contributed by atoms with E-state index in [0.29, 0.717) is 23.1 Å². The van der Waals surface area contributed by atoms with Gasteiger partial charge in [0.15, 0.2) is 11.4 Å². The number of aromatic nitrogens is 1. The molecule has 0 radical (unpaired) electrons. The molecule has 1 heterocycles. The highest BCUT2D eigenvalue weighted by atomic mass is 35.5. The molecule has 5 nitrogen and oxygen atoms in total. The first-order chi connectivity index (χ1) is 9.54. The van der Waals surface area contributed by atoms with Gasteiger partial charge in [-0.2, -0.15) is 0 Å². The Labute approximate surface area is 120 Å². The van der Waals surface area contributed by atoms with Crippen LogP contribution >= 0.6 is 11.6 Å². The number of carboxylic acid groups (broad SMARTS) is 1. The number of pyridine rings is 1. The van der Waals surface area contributed by atoms with Gasteiger partial charge in [0.1, 0.15) is 10.9 Å². The van der Waals surface area contributed by atoms with Crippen LogP contribution in [0.5, 0.6) is 11.5 Å². The molecule has 1 aromatic heterocycles. The van der Waals surface area contributed by atoms with Crippen molar-refractivity contribution >= 4 is 28.3 Å². The number of hydrogen-bond acceptors (Lipinski definition) is 4. The fourth-order valence-electron chi connectivity index (χ4n) is 1.81. The second-order valence-corrected chi connectivity index (χ2v) is 4.67. The second-order valence-electron chi connectivity index (χ2n) is 4.31. The average molecular weight is 296 g/mol. The standard InChI is InChI=1S/C14H14ClNO4/c1-2-3-6-20-8-4-5-9-10(7-8)13(15)16-11(12(9)17)14(18)19/h4-5,7,17H,2-3,6H2,1H3,(H,18,19). The Kier molecular flexibility index (Phi) is 4.29. The smallest absolute Gasteiger partial charge is 0.358 e. The van der Waals surface area contributed by atoms with E-state index in [1.807, 2.05) is 0 Å². The monoisotopic (exact) mass is 295 g/mol. The summed E-state index contributed by atoms with van der Waals surface area (Å²) in [5, 5.41) is 19.7. The van der Waals surface area contributed by atoms with Crippen LogP contribution in [0.2, 0.25) is 5.15 Å². The molecular formula is C14H14ClNO4. The zero-order valence-electron chi connectivity index (χ0n) is 10.9. The fraction of sp³-hybridized carbons (Fsp3) is 0.286. The predicted molar refractivity (Wildman–Crippen MR) is 75.8 cm³/mol. The maximum Gasteiger partial charge on any atom is 0.358 e. The molecule has 2 rings (SSSR count). The Morgan fingerprint density at radius 3 is 2.80 bits per heavy atom. The van der Waals surface area contributed by atoms with Crippen LogP contribution in [-0.4, -0.2) is 27.8 Å². The number of benzene rings is 1. The van der Waals surface area contributed by atoms with Gasteiger partial charge in [-0.15, -0.1) is 0 Å². The summed E-state index contributed by atoms with van der Waals surface area (Å²) in [6.07, 6.45) is 1.96. The molecule has 2 N–H and O–H groups in total.